The molecule has 0 aliphatic heterocycles. The lowest BCUT2D eigenvalue weighted by Gasteiger charge is -2.02. The van der Waals surface area contributed by atoms with Crippen molar-refractivity contribution in [3.8, 4) is 23.0 Å². The second-order valence-electron chi connectivity index (χ2n) is 6.55. The first-order valence-corrected chi connectivity index (χ1v) is 9.34. The standard InChI is InChI=1S/C23H16N6O2/c24-14-17-11-12-21(22(13-17)29(30)31)26-25-15-19-16-28(20-9-5-2-6-10-20)27-23(19)18-7-3-1-4-8-18/h1-13,15-16,26H. The number of hydrogen-bond donors (Lipinski definition) is 1. The number of nitro benzene ring substituents is 1. The molecule has 0 bridgehead atoms. The Morgan fingerprint density at radius 1 is 1.06 bits per heavy atom. The van der Waals surface area contributed by atoms with E-state index in [2.05, 4.69) is 10.5 Å². The summed E-state index contributed by atoms with van der Waals surface area (Å²) in [5.41, 5.74) is 6.16. The molecule has 0 saturated carbocycles. The molecule has 4 rings (SSSR count). The van der Waals surface area contributed by atoms with E-state index in [0.29, 0.717) is 0 Å². The highest BCUT2D eigenvalue weighted by Gasteiger charge is 2.15. The summed E-state index contributed by atoms with van der Waals surface area (Å²) in [5.74, 6) is 0. The summed E-state index contributed by atoms with van der Waals surface area (Å²) in [4.78, 5) is 10.8. The van der Waals surface area contributed by atoms with Crippen LogP contribution in [0.25, 0.3) is 16.9 Å². The van der Waals surface area contributed by atoms with Crippen molar-refractivity contribution in [3.63, 3.8) is 0 Å². The van der Waals surface area contributed by atoms with Gasteiger partial charge < -0.3 is 0 Å². The molecule has 1 aromatic heterocycles. The van der Waals surface area contributed by atoms with Gasteiger partial charge in [-0.05, 0) is 24.3 Å². The number of nitrogens with one attached hydrogen (secondary N) is 1. The molecule has 0 aliphatic rings. The normalized spacial score (nSPS) is 10.7. The van der Waals surface area contributed by atoms with Gasteiger partial charge in [-0.1, -0.05) is 48.5 Å². The third-order valence-electron chi connectivity index (χ3n) is 4.52. The molecule has 0 unspecified atom stereocenters. The summed E-state index contributed by atoms with van der Waals surface area (Å²) in [7, 11) is 0. The second-order valence-corrected chi connectivity index (χ2v) is 6.55. The number of aromatic nitrogens is 2. The number of hydrogen-bond acceptors (Lipinski definition) is 6. The van der Waals surface area contributed by atoms with Gasteiger partial charge in [0.25, 0.3) is 5.69 Å². The van der Waals surface area contributed by atoms with Crippen molar-refractivity contribution in [2.24, 2.45) is 5.10 Å². The Balaban J connectivity index is 1.68. The van der Waals surface area contributed by atoms with E-state index in [4.69, 9.17) is 10.4 Å². The van der Waals surface area contributed by atoms with Crippen molar-refractivity contribution in [2.75, 3.05) is 5.43 Å². The van der Waals surface area contributed by atoms with Crippen molar-refractivity contribution in [1.82, 2.24) is 9.78 Å². The van der Waals surface area contributed by atoms with Crippen molar-refractivity contribution in [2.45, 2.75) is 0 Å². The molecule has 150 valence electrons. The molecule has 0 amide bonds. The van der Waals surface area contributed by atoms with Crippen LogP contribution in [0.4, 0.5) is 11.4 Å². The van der Waals surface area contributed by atoms with E-state index < -0.39 is 4.92 Å². The van der Waals surface area contributed by atoms with Crippen LogP contribution in [0, 0.1) is 21.4 Å². The maximum Gasteiger partial charge on any atom is 0.295 e. The molecule has 8 heteroatoms. The summed E-state index contributed by atoms with van der Waals surface area (Å²) in [6, 6.07) is 25.4. The molecular weight excluding hydrogens is 392 g/mol. The third kappa shape index (κ3) is 4.31. The summed E-state index contributed by atoms with van der Waals surface area (Å²) in [6.07, 6.45) is 3.41. The number of nitrogens with zero attached hydrogens (tertiary/aromatic N) is 5. The van der Waals surface area contributed by atoms with E-state index in [1.165, 1.54) is 18.2 Å². The Kier molecular flexibility index (Phi) is 5.49. The molecule has 8 nitrogen and oxygen atoms in total. The summed E-state index contributed by atoms with van der Waals surface area (Å²) in [5, 5.41) is 29.2. The number of anilines is 1. The lowest BCUT2D eigenvalue weighted by Crippen LogP contribution is -1.97. The molecule has 3 aromatic carbocycles. The predicted octanol–water partition coefficient (Wildman–Crippen LogP) is 4.77. The van der Waals surface area contributed by atoms with E-state index in [-0.39, 0.29) is 16.9 Å². The third-order valence-corrected chi connectivity index (χ3v) is 4.52. The zero-order valence-corrected chi connectivity index (χ0v) is 16.2. The van der Waals surface area contributed by atoms with Crippen LogP contribution < -0.4 is 5.43 Å². The average molecular weight is 408 g/mol. The van der Waals surface area contributed by atoms with Crippen LogP contribution >= 0.6 is 0 Å². The first-order chi connectivity index (χ1) is 15.2. The highest BCUT2D eigenvalue weighted by atomic mass is 16.6. The highest BCUT2D eigenvalue weighted by Crippen LogP contribution is 2.26. The molecule has 1 N–H and O–H groups in total. The topological polar surface area (TPSA) is 109 Å². The second kappa shape index (κ2) is 8.71. The van der Waals surface area contributed by atoms with Crippen LogP contribution in [0.2, 0.25) is 0 Å². The number of rotatable bonds is 6. The number of benzene rings is 3. The Bertz CT molecular complexity index is 1290. The minimum Gasteiger partial charge on any atom is -0.272 e. The molecule has 1 heterocycles. The Hall–Kier alpha value is -4.77. The molecule has 0 aliphatic carbocycles. The minimum atomic E-state index is -0.554. The Labute approximate surface area is 177 Å². The number of hydrazone groups is 1. The first kappa shape index (κ1) is 19.5. The van der Waals surface area contributed by atoms with Gasteiger partial charge in [0.1, 0.15) is 11.4 Å². The fourth-order valence-electron chi connectivity index (χ4n) is 3.03. The largest absolute Gasteiger partial charge is 0.295 e. The molecule has 0 radical (unpaired) electrons. The smallest absolute Gasteiger partial charge is 0.272 e. The van der Waals surface area contributed by atoms with E-state index in [9.17, 15) is 10.1 Å². The van der Waals surface area contributed by atoms with Gasteiger partial charge in [-0.25, -0.2) is 4.68 Å². The van der Waals surface area contributed by atoms with Gasteiger partial charge in [0.05, 0.1) is 28.5 Å². The molecule has 31 heavy (non-hydrogen) atoms. The molecule has 0 saturated heterocycles. The summed E-state index contributed by atoms with van der Waals surface area (Å²) in [6.45, 7) is 0. The monoisotopic (exact) mass is 408 g/mol. The van der Waals surface area contributed by atoms with Crippen LogP contribution in [-0.2, 0) is 0 Å². The van der Waals surface area contributed by atoms with Crippen molar-refractivity contribution >= 4 is 17.6 Å². The zero-order valence-electron chi connectivity index (χ0n) is 16.2. The summed E-state index contributed by atoms with van der Waals surface area (Å²) < 4.78 is 1.76. The maximum atomic E-state index is 11.3. The molecule has 0 atom stereocenters. The number of nitro groups is 1. The lowest BCUT2D eigenvalue weighted by atomic mass is 10.1. The number of nitriles is 1. The van der Waals surface area contributed by atoms with Crippen LogP contribution in [0.3, 0.4) is 0 Å². The molecule has 0 spiro atoms. The van der Waals surface area contributed by atoms with E-state index in [1.54, 1.807) is 10.9 Å². The number of para-hydroxylation sites is 1. The molecule has 0 fully saturated rings. The SMILES string of the molecule is N#Cc1ccc(NN=Cc2cn(-c3ccccc3)nc2-c2ccccc2)c([N+](=O)[O-])c1. The van der Waals surface area contributed by atoms with Gasteiger partial charge in [0.15, 0.2) is 0 Å². The van der Waals surface area contributed by atoms with Gasteiger partial charge in [-0.2, -0.15) is 15.5 Å². The fourth-order valence-corrected chi connectivity index (χ4v) is 3.03. The minimum absolute atomic E-state index is 0.192. The average Bonchev–Trinajstić information content (AvgIpc) is 3.24. The molecular formula is C23H16N6O2. The maximum absolute atomic E-state index is 11.3. The van der Waals surface area contributed by atoms with Crippen LogP contribution in [0.15, 0.2) is 90.2 Å². The lowest BCUT2D eigenvalue weighted by molar-refractivity contribution is -0.384. The zero-order chi connectivity index (χ0) is 21.6. The van der Waals surface area contributed by atoms with E-state index in [0.717, 1.165) is 22.5 Å². The summed E-state index contributed by atoms with van der Waals surface area (Å²) >= 11 is 0. The van der Waals surface area contributed by atoms with E-state index in [1.807, 2.05) is 72.9 Å². The molecule has 4 aromatic rings. The van der Waals surface area contributed by atoms with Gasteiger partial charge in [0, 0.05) is 23.4 Å². The highest BCUT2D eigenvalue weighted by molar-refractivity contribution is 5.89. The van der Waals surface area contributed by atoms with Gasteiger partial charge in [0.2, 0.25) is 0 Å². The fraction of sp³-hybridized carbons (Fsp3) is 0. The van der Waals surface area contributed by atoms with Crippen molar-refractivity contribution in [3.05, 3.63) is 106 Å². The Morgan fingerprint density at radius 3 is 2.45 bits per heavy atom. The van der Waals surface area contributed by atoms with Crippen LogP contribution in [-0.4, -0.2) is 20.9 Å². The van der Waals surface area contributed by atoms with Gasteiger partial charge in [-0.15, -0.1) is 0 Å². The van der Waals surface area contributed by atoms with Gasteiger partial charge in [-0.3, -0.25) is 15.5 Å². The predicted molar refractivity (Wildman–Crippen MR) is 118 cm³/mol. The van der Waals surface area contributed by atoms with Crippen LogP contribution in [0.1, 0.15) is 11.1 Å². The quantitative estimate of drug-likeness (QED) is 0.281. The van der Waals surface area contributed by atoms with Crippen molar-refractivity contribution in [1.29, 1.82) is 5.26 Å². The van der Waals surface area contributed by atoms with Crippen LogP contribution in [0.5, 0.6) is 0 Å². The van der Waals surface area contributed by atoms with E-state index >= 15 is 0 Å². The van der Waals surface area contributed by atoms with Crippen molar-refractivity contribution < 1.29 is 4.92 Å². The first-order valence-electron chi connectivity index (χ1n) is 9.34. The van der Waals surface area contributed by atoms with Gasteiger partial charge >= 0.3 is 0 Å². The Morgan fingerprint density at radius 2 is 1.77 bits per heavy atom.